The molecule has 0 radical (unpaired) electrons. The number of rotatable bonds is 3. The first kappa shape index (κ1) is 7.33. The minimum Gasteiger partial charge on any atom is -0.300 e. The van der Waals surface area contributed by atoms with Gasteiger partial charge in [-0.2, -0.15) is 0 Å². The van der Waals surface area contributed by atoms with Crippen LogP contribution in [0.2, 0.25) is 0 Å². The molecule has 0 aliphatic heterocycles. The predicted octanol–water partition coefficient (Wildman–Crippen LogP) is 1.19. The minimum atomic E-state index is -1.02. The third kappa shape index (κ3) is 2.53. The zero-order chi connectivity index (χ0) is 8.10. The van der Waals surface area contributed by atoms with E-state index in [4.69, 9.17) is 0 Å². The maximum absolute atomic E-state index is 9.63. The SMILES string of the molecule is O=[N+]([O-])OOc1ccccc1. The topological polar surface area (TPSA) is 61.6 Å². The third-order valence-corrected chi connectivity index (χ3v) is 0.938. The normalized spacial score (nSPS) is 8.73. The van der Waals surface area contributed by atoms with Crippen LogP contribution in [0, 0.1) is 10.1 Å². The van der Waals surface area contributed by atoms with Gasteiger partial charge in [-0.05, 0) is 12.1 Å². The molecule has 1 aromatic carbocycles. The van der Waals surface area contributed by atoms with E-state index in [1.165, 1.54) is 0 Å². The third-order valence-electron chi connectivity index (χ3n) is 0.938. The summed E-state index contributed by atoms with van der Waals surface area (Å²) in [7, 11) is 0. The van der Waals surface area contributed by atoms with E-state index < -0.39 is 5.09 Å². The summed E-state index contributed by atoms with van der Waals surface area (Å²) in [4.78, 5) is 17.5. The van der Waals surface area contributed by atoms with Gasteiger partial charge in [-0.15, -0.1) is 10.1 Å². The van der Waals surface area contributed by atoms with Crippen molar-refractivity contribution in [2.75, 3.05) is 0 Å². The molecule has 5 nitrogen and oxygen atoms in total. The van der Waals surface area contributed by atoms with E-state index in [0.29, 0.717) is 5.75 Å². The van der Waals surface area contributed by atoms with E-state index in [1.54, 1.807) is 30.3 Å². The Labute approximate surface area is 62.2 Å². The standard InChI is InChI=1S/C6H5NO4/c8-7(9)11-10-6-4-2-1-3-5-6/h1-5H. The van der Waals surface area contributed by atoms with Crippen molar-refractivity contribution in [2.45, 2.75) is 0 Å². The summed E-state index contributed by atoms with van der Waals surface area (Å²) in [5.41, 5.74) is 0. The zero-order valence-corrected chi connectivity index (χ0v) is 5.47. The number of hydrogen-bond donors (Lipinski definition) is 0. The lowest BCUT2D eigenvalue weighted by Gasteiger charge is -1.97. The zero-order valence-electron chi connectivity index (χ0n) is 5.47. The molecule has 0 atom stereocenters. The van der Waals surface area contributed by atoms with Crippen LogP contribution in [0.25, 0.3) is 0 Å². The van der Waals surface area contributed by atoms with Crippen molar-refractivity contribution in [3.63, 3.8) is 0 Å². The van der Waals surface area contributed by atoms with Gasteiger partial charge in [0, 0.05) is 0 Å². The van der Waals surface area contributed by atoms with E-state index >= 15 is 0 Å². The second-order valence-electron chi connectivity index (χ2n) is 1.69. The molecule has 0 unspecified atom stereocenters. The monoisotopic (exact) mass is 155 g/mol. The Kier molecular flexibility index (Phi) is 2.27. The fourth-order valence-corrected chi connectivity index (χ4v) is 0.550. The van der Waals surface area contributed by atoms with Crippen molar-refractivity contribution in [3.05, 3.63) is 40.4 Å². The molecule has 0 aliphatic carbocycles. The lowest BCUT2D eigenvalue weighted by atomic mass is 10.3. The van der Waals surface area contributed by atoms with E-state index in [2.05, 4.69) is 9.88 Å². The summed E-state index contributed by atoms with van der Waals surface area (Å²) in [5, 5.41) is 8.61. The van der Waals surface area contributed by atoms with Crippen LogP contribution in [0.1, 0.15) is 0 Å². The highest BCUT2D eigenvalue weighted by molar-refractivity contribution is 5.19. The molecule has 0 spiro atoms. The minimum absolute atomic E-state index is 0.296. The van der Waals surface area contributed by atoms with Crippen molar-refractivity contribution in [2.24, 2.45) is 0 Å². The molecule has 1 aromatic rings. The van der Waals surface area contributed by atoms with Crippen molar-refractivity contribution in [1.82, 2.24) is 0 Å². The van der Waals surface area contributed by atoms with Crippen LogP contribution in [0.5, 0.6) is 5.75 Å². The Bertz CT molecular complexity index is 236. The largest absolute Gasteiger partial charge is 0.331 e. The average Bonchev–Trinajstić information content (AvgIpc) is 2.03. The van der Waals surface area contributed by atoms with Gasteiger partial charge in [-0.25, -0.2) is 0 Å². The molecule has 0 aliphatic rings. The first-order valence-corrected chi connectivity index (χ1v) is 2.83. The molecule has 58 valence electrons. The lowest BCUT2D eigenvalue weighted by molar-refractivity contribution is -0.832. The lowest BCUT2D eigenvalue weighted by Crippen LogP contribution is -2.03. The van der Waals surface area contributed by atoms with E-state index in [-0.39, 0.29) is 0 Å². The van der Waals surface area contributed by atoms with Crippen LogP contribution < -0.4 is 4.89 Å². The van der Waals surface area contributed by atoms with Gasteiger partial charge in [0.25, 0.3) is 0 Å². The van der Waals surface area contributed by atoms with E-state index in [1.807, 2.05) is 0 Å². The van der Waals surface area contributed by atoms with Crippen LogP contribution in [0.4, 0.5) is 0 Å². The molecular weight excluding hydrogens is 150 g/mol. The molecule has 0 saturated heterocycles. The van der Waals surface area contributed by atoms with E-state index in [0.717, 1.165) is 0 Å². The van der Waals surface area contributed by atoms with Crippen LogP contribution in [0.15, 0.2) is 30.3 Å². The Morgan fingerprint density at radius 2 is 1.91 bits per heavy atom. The van der Waals surface area contributed by atoms with Crippen molar-refractivity contribution in [1.29, 1.82) is 0 Å². The van der Waals surface area contributed by atoms with Gasteiger partial charge in [0.2, 0.25) is 0 Å². The maximum atomic E-state index is 9.63. The summed E-state index contributed by atoms with van der Waals surface area (Å²) in [6, 6.07) is 8.21. The molecule has 0 N–H and O–H groups in total. The second kappa shape index (κ2) is 3.40. The van der Waals surface area contributed by atoms with Gasteiger partial charge in [-0.1, -0.05) is 23.2 Å². The number of benzene rings is 1. The molecule has 1 rings (SSSR count). The van der Waals surface area contributed by atoms with Crippen LogP contribution >= 0.6 is 0 Å². The van der Waals surface area contributed by atoms with Crippen LogP contribution in [-0.2, 0) is 4.99 Å². The molecule has 0 heterocycles. The molecule has 0 bridgehead atoms. The smallest absolute Gasteiger partial charge is 0.300 e. The molecule has 5 heteroatoms. The highest BCUT2D eigenvalue weighted by atomic mass is 17.3. The molecular formula is C6H5NO4. The molecule has 0 amide bonds. The van der Waals surface area contributed by atoms with Gasteiger partial charge < -0.3 is 4.89 Å². The van der Waals surface area contributed by atoms with Gasteiger partial charge >= 0.3 is 5.09 Å². The molecule has 0 saturated carbocycles. The molecule has 11 heavy (non-hydrogen) atoms. The summed E-state index contributed by atoms with van der Waals surface area (Å²) in [6.45, 7) is 0. The van der Waals surface area contributed by atoms with Gasteiger partial charge in [0.05, 0.1) is 0 Å². The van der Waals surface area contributed by atoms with E-state index in [9.17, 15) is 10.1 Å². The predicted molar refractivity (Wildman–Crippen MR) is 35.1 cm³/mol. The van der Waals surface area contributed by atoms with Crippen LogP contribution in [-0.4, -0.2) is 5.09 Å². The van der Waals surface area contributed by atoms with Crippen molar-refractivity contribution in [3.8, 4) is 5.75 Å². The van der Waals surface area contributed by atoms with Gasteiger partial charge in [0.1, 0.15) is 0 Å². The number of hydrogen-bond acceptors (Lipinski definition) is 4. The fraction of sp³-hybridized carbons (Fsp3) is 0. The Morgan fingerprint density at radius 3 is 2.45 bits per heavy atom. The Morgan fingerprint density at radius 1 is 1.27 bits per heavy atom. The highest BCUT2D eigenvalue weighted by Crippen LogP contribution is 2.07. The average molecular weight is 155 g/mol. The van der Waals surface area contributed by atoms with Crippen molar-refractivity contribution >= 4 is 0 Å². The van der Waals surface area contributed by atoms with Crippen LogP contribution in [0.3, 0.4) is 0 Å². The Balaban J connectivity index is 2.45. The summed E-state index contributed by atoms with van der Waals surface area (Å²) >= 11 is 0. The van der Waals surface area contributed by atoms with Gasteiger partial charge in [-0.3, -0.25) is 0 Å². The fourth-order valence-electron chi connectivity index (χ4n) is 0.550. The quantitative estimate of drug-likeness (QED) is 0.373. The molecule has 0 fully saturated rings. The van der Waals surface area contributed by atoms with Gasteiger partial charge in [0.15, 0.2) is 5.75 Å². The Hall–Kier alpha value is -1.78. The van der Waals surface area contributed by atoms with Crippen molar-refractivity contribution < 1.29 is 15.0 Å². The summed E-state index contributed by atoms with van der Waals surface area (Å²) < 4.78 is 0. The first-order chi connectivity index (χ1) is 5.29. The number of nitrogens with zero attached hydrogens (tertiary/aromatic N) is 1. The summed E-state index contributed by atoms with van der Waals surface area (Å²) in [6.07, 6.45) is 0. The maximum Gasteiger partial charge on any atom is 0.331 e. The highest BCUT2D eigenvalue weighted by Gasteiger charge is 1.95. The second-order valence-corrected chi connectivity index (χ2v) is 1.69. The number of para-hydroxylation sites is 1. The molecule has 0 aromatic heterocycles. The summed E-state index contributed by atoms with van der Waals surface area (Å²) in [5.74, 6) is 0.296. The first-order valence-electron chi connectivity index (χ1n) is 2.83.